The molecule has 2 aromatic rings. The topological polar surface area (TPSA) is 25.8 Å². The summed E-state index contributed by atoms with van der Waals surface area (Å²) in [5.41, 5.74) is 0. The van der Waals surface area contributed by atoms with Gasteiger partial charge in [-0.2, -0.15) is 0 Å². The van der Waals surface area contributed by atoms with E-state index in [9.17, 15) is 0 Å². The molecule has 84 valence electrons. The van der Waals surface area contributed by atoms with Gasteiger partial charge in [-0.3, -0.25) is 9.97 Å². The summed E-state index contributed by atoms with van der Waals surface area (Å²) in [7, 11) is 1.25. The van der Waals surface area contributed by atoms with E-state index >= 15 is 0 Å². The normalized spacial score (nSPS) is 7.87. The molecular weight excluding hydrogens is 367 g/mol. The van der Waals surface area contributed by atoms with Crippen LogP contribution in [0, 0.1) is 0 Å². The minimum absolute atomic E-state index is 1.25. The maximum atomic E-state index is 3.78. The summed E-state index contributed by atoms with van der Waals surface area (Å²) in [5, 5.41) is 0. The SMILES string of the molecule is [Br][Ni][Br].c1ccncc1.c1ccncc1. The smallest absolute Gasteiger partial charge is 0.0267 e. The van der Waals surface area contributed by atoms with Crippen LogP contribution in [0.5, 0.6) is 0 Å². The molecule has 0 saturated carbocycles. The van der Waals surface area contributed by atoms with Crippen molar-refractivity contribution >= 4 is 28.5 Å². The predicted molar refractivity (Wildman–Crippen MR) is 66.3 cm³/mol. The zero-order chi connectivity index (χ0) is 11.2. The Bertz CT molecular complexity index is 210. The van der Waals surface area contributed by atoms with Crippen LogP contribution in [0.2, 0.25) is 0 Å². The predicted octanol–water partition coefficient (Wildman–Crippen LogP) is 3.85. The van der Waals surface area contributed by atoms with Crippen molar-refractivity contribution in [1.82, 2.24) is 9.97 Å². The Balaban J connectivity index is 0.000000210. The number of nitrogens with zero attached hydrogens (tertiary/aromatic N) is 2. The van der Waals surface area contributed by atoms with E-state index in [1.165, 1.54) is 10.9 Å². The minimum Gasteiger partial charge on any atom is -0.265 e. The van der Waals surface area contributed by atoms with Crippen molar-refractivity contribution in [2.75, 3.05) is 0 Å². The van der Waals surface area contributed by atoms with E-state index in [-0.39, 0.29) is 0 Å². The van der Waals surface area contributed by atoms with E-state index < -0.39 is 0 Å². The average molecular weight is 377 g/mol. The average Bonchev–Trinajstić information content (AvgIpc) is 2.35. The van der Waals surface area contributed by atoms with Gasteiger partial charge in [-0.25, -0.2) is 0 Å². The third-order valence-corrected chi connectivity index (χ3v) is 1.13. The zero-order valence-corrected chi connectivity index (χ0v) is 11.9. The van der Waals surface area contributed by atoms with Gasteiger partial charge in [0.2, 0.25) is 0 Å². The van der Waals surface area contributed by atoms with Crippen molar-refractivity contribution in [3.05, 3.63) is 61.2 Å². The summed E-state index contributed by atoms with van der Waals surface area (Å²) in [6.07, 6.45) is 7.00. The van der Waals surface area contributed by atoms with Gasteiger partial charge >= 0.3 is 39.3 Å². The summed E-state index contributed by atoms with van der Waals surface area (Å²) in [6.45, 7) is 0. The molecule has 0 N–H and O–H groups in total. The first-order valence-electron chi connectivity index (χ1n) is 3.94. The van der Waals surface area contributed by atoms with Crippen LogP contribution in [0.4, 0.5) is 0 Å². The summed E-state index contributed by atoms with van der Waals surface area (Å²) >= 11 is 6.00. The quantitative estimate of drug-likeness (QED) is 0.653. The first-order valence-corrected chi connectivity index (χ1v) is 8.82. The Morgan fingerprint density at radius 1 is 0.600 bits per heavy atom. The Labute approximate surface area is 110 Å². The van der Waals surface area contributed by atoms with Crippen molar-refractivity contribution in [2.45, 2.75) is 0 Å². The number of pyridine rings is 2. The first-order chi connectivity index (χ1) is 7.41. The molecule has 0 saturated heterocycles. The van der Waals surface area contributed by atoms with Gasteiger partial charge in [0.15, 0.2) is 0 Å². The van der Waals surface area contributed by atoms with Gasteiger partial charge in [-0.1, -0.05) is 12.1 Å². The molecule has 0 fully saturated rings. The standard InChI is InChI=1S/2C5H5N.2BrH.Ni/c2*1-2-4-6-5-3-1;;;/h2*1-5H;2*1H;/q;;;;+2/p-2. The van der Waals surface area contributed by atoms with Crippen LogP contribution in [-0.4, -0.2) is 9.97 Å². The molecular formula is C10H10Br2N2Ni. The van der Waals surface area contributed by atoms with Crippen molar-refractivity contribution < 1.29 is 10.9 Å². The molecule has 0 aliphatic rings. The summed E-state index contributed by atoms with van der Waals surface area (Å²) in [5.74, 6) is 0. The third kappa shape index (κ3) is 13.8. The largest absolute Gasteiger partial charge is 0.265 e. The fraction of sp³-hybridized carbons (Fsp3) is 0. The van der Waals surface area contributed by atoms with Crippen LogP contribution in [0.1, 0.15) is 0 Å². The Morgan fingerprint density at radius 2 is 0.867 bits per heavy atom. The van der Waals surface area contributed by atoms with Crippen LogP contribution in [0.25, 0.3) is 0 Å². The molecule has 0 amide bonds. The van der Waals surface area contributed by atoms with Crippen LogP contribution in [0.3, 0.4) is 0 Å². The van der Waals surface area contributed by atoms with E-state index in [2.05, 4.69) is 38.4 Å². The maximum Gasteiger partial charge on any atom is 0.0267 e. The second kappa shape index (κ2) is 13.8. The van der Waals surface area contributed by atoms with Crippen LogP contribution in [0.15, 0.2) is 61.2 Å². The minimum atomic E-state index is 1.25. The van der Waals surface area contributed by atoms with E-state index in [1.807, 2.05) is 36.4 Å². The molecule has 0 atom stereocenters. The molecule has 5 heteroatoms. The maximum absolute atomic E-state index is 3.78. The van der Waals surface area contributed by atoms with Crippen LogP contribution < -0.4 is 0 Å². The molecule has 0 bridgehead atoms. The van der Waals surface area contributed by atoms with Crippen molar-refractivity contribution in [1.29, 1.82) is 0 Å². The van der Waals surface area contributed by atoms with E-state index in [0.717, 1.165) is 0 Å². The van der Waals surface area contributed by atoms with Gasteiger partial charge in [0, 0.05) is 24.8 Å². The number of rotatable bonds is 0. The van der Waals surface area contributed by atoms with Crippen molar-refractivity contribution in [3.8, 4) is 0 Å². The van der Waals surface area contributed by atoms with Crippen molar-refractivity contribution in [3.63, 3.8) is 0 Å². The molecule has 0 unspecified atom stereocenters. The van der Waals surface area contributed by atoms with Crippen LogP contribution in [-0.2, 0) is 10.9 Å². The van der Waals surface area contributed by atoms with E-state index in [1.54, 1.807) is 24.8 Å². The molecule has 0 radical (unpaired) electrons. The molecule has 15 heavy (non-hydrogen) atoms. The Kier molecular flexibility index (Phi) is 13.5. The van der Waals surface area contributed by atoms with Gasteiger partial charge < -0.3 is 0 Å². The second-order valence-corrected chi connectivity index (χ2v) is 7.08. The molecule has 0 aliphatic carbocycles. The summed E-state index contributed by atoms with van der Waals surface area (Å²) in [6, 6.07) is 11.4. The van der Waals surface area contributed by atoms with Gasteiger partial charge in [-0.05, 0) is 24.3 Å². The fourth-order valence-corrected chi connectivity index (χ4v) is 0.625. The van der Waals surface area contributed by atoms with Gasteiger partial charge in [-0.15, -0.1) is 0 Å². The summed E-state index contributed by atoms with van der Waals surface area (Å²) in [4.78, 5) is 7.57. The van der Waals surface area contributed by atoms with Gasteiger partial charge in [0.05, 0.1) is 0 Å². The second-order valence-electron chi connectivity index (χ2n) is 2.09. The molecule has 0 aromatic carbocycles. The van der Waals surface area contributed by atoms with Crippen molar-refractivity contribution in [2.24, 2.45) is 0 Å². The molecule has 2 aromatic heterocycles. The number of hydrogen-bond donors (Lipinski definition) is 0. The Hall–Kier alpha value is -0.246. The molecule has 0 aliphatic heterocycles. The van der Waals surface area contributed by atoms with Gasteiger partial charge in [0.1, 0.15) is 0 Å². The monoisotopic (exact) mass is 374 g/mol. The van der Waals surface area contributed by atoms with E-state index in [0.29, 0.717) is 0 Å². The molecule has 2 rings (SSSR count). The number of hydrogen-bond acceptors (Lipinski definition) is 2. The third-order valence-electron chi connectivity index (χ3n) is 1.13. The van der Waals surface area contributed by atoms with E-state index in [4.69, 9.17) is 0 Å². The summed E-state index contributed by atoms with van der Waals surface area (Å²) < 4.78 is 0. The first kappa shape index (κ1) is 14.8. The Morgan fingerprint density at radius 3 is 0.933 bits per heavy atom. The molecule has 0 spiro atoms. The zero-order valence-electron chi connectivity index (χ0n) is 7.74. The molecule has 2 heterocycles. The number of aromatic nitrogens is 2. The molecule has 2 nitrogen and oxygen atoms in total. The fourth-order valence-electron chi connectivity index (χ4n) is 0.625. The number of halogens is 2. The van der Waals surface area contributed by atoms with Crippen LogP contribution >= 0.6 is 28.5 Å². The van der Waals surface area contributed by atoms with Gasteiger partial charge in [0.25, 0.3) is 0 Å².